The van der Waals surface area contributed by atoms with E-state index in [-0.39, 0.29) is 5.75 Å². The molecule has 0 aromatic heterocycles. The molecule has 0 N–H and O–H groups in total. The van der Waals surface area contributed by atoms with Crippen LogP contribution in [0.3, 0.4) is 0 Å². The third-order valence-corrected chi connectivity index (χ3v) is 2.40. The number of carbonyl (C=O) groups excluding carboxylic acids is 1. The van der Waals surface area contributed by atoms with Gasteiger partial charge in [0.05, 0.1) is 11.6 Å². The van der Waals surface area contributed by atoms with Crippen molar-refractivity contribution in [3.63, 3.8) is 0 Å². The van der Waals surface area contributed by atoms with Crippen LogP contribution in [0, 0.1) is 5.82 Å². The maximum atomic E-state index is 13.3. The molecule has 0 saturated heterocycles. The van der Waals surface area contributed by atoms with Gasteiger partial charge in [-0.05, 0) is 40.0 Å². The van der Waals surface area contributed by atoms with Crippen molar-refractivity contribution in [3.05, 3.63) is 28.0 Å². The number of benzene rings is 1. The van der Waals surface area contributed by atoms with E-state index in [2.05, 4.69) is 15.9 Å². The van der Waals surface area contributed by atoms with Crippen molar-refractivity contribution in [1.82, 2.24) is 0 Å². The van der Waals surface area contributed by atoms with Crippen LogP contribution in [0.1, 0.15) is 12.0 Å². The normalized spacial score (nSPS) is 9.93. The molecule has 0 atom stereocenters. The molecule has 0 spiro atoms. The summed E-state index contributed by atoms with van der Waals surface area (Å²) in [4.78, 5) is 10.2. The van der Waals surface area contributed by atoms with Crippen LogP contribution < -0.4 is 4.74 Å². The summed E-state index contributed by atoms with van der Waals surface area (Å²) in [7, 11) is 1.41. The summed E-state index contributed by atoms with van der Waals surface area (Å²) >= 11 is 3.09. The molecule has 2 nitrogen and oxygen atoms in total. The maximum absolute atomic E-state index is 13.3. The first kappa shape index (κ1) is 11.2. The molecule has 0 saturated carbocycles. The standard InChI is InChI=1S/C10H10BrFO2/c1-14-9-6-7(3-2-4-13)5-8(11)10(9)12/h4-6H,2-3H2,1H3. The van der Waals surface area contributed by atoms with Crippen molar-refractivity contribution in [2.75, 3.05) is 7.11 Å². The van der Waals surface area contributed by atoms with Crippen molar-refractivity contribution in [1.29, 1.82) is 0 Å². The van der Waals surface area contributed by atoms with Crippen LogP contribution in [0.5, 0.6) is 5.75 Å². The molecule has 0 fully saturated rings. The van der Waals surface area contributed by atoms with Gasteiger partial charge in [-0.3, -0.25) is 0 Å². The number of methoxy groups -OCH3 is 1. The molecule has 1 rings (SSSR count). The summed E-state index contributed by atoms with van der Waals surface area (Å²) in [6.45, 7) is 0. The highest BCUT2D eigenvalue weighted by Gasteiger charge is 2.08. The first-order chi connectivity index (χ1) is 6.69. The van der Waals surface area contributed by atoms with Gasteiger partial charge in [0.2, 0.25) is 0 Å². The van der Waals surface area contributed by atoms with Gasteiger partial charge in [0, 0.05) is 6.42 Å². The first-order valence-electron chi connectivity index (χ1n) is 4.14. The topological polar surface area (TPSA) is 26.3 Å². The third-order valence-electron chi connectivity index (χ3n) is 1.83. The molecule has 14 heavy (non-hydrogen) atoms. The molecule has 1 aromatic carbocycles. The molecule has 0 heterocycles. The lowest BCUT2D eigenvalue weighted by molar-refractivity contribution is -0.107. The molecule has 0 radical (unpaired) electrons. The first-order valence-corrected chi connectivity index (χ1v) is 4.94. The zero-order valence-corrected chi connectivity index (χ0v) is 9.30. The van der Waals surface area contributed by atoms with E-state index in [1.165, 1.54) is 7.11 Å². The van der Waals surface area contributed by atoms with E-state index < -0.39 is 5.82 Å². The van der Waals surface area contributed by atoms with E-state index in [1.807, 2.05) is 0 Å². The highest BCUT2D eigenvalue weighted by Crippen LogP contribution is 2.27. The van der Waals surface area contributed by atoms with Crippen molar-refractivity contribution in [3.8, 4) is 5.75 Å². The molecular weight excluding hydrogens is 251 g/mol. The molecule has 0 amide bonds. The molecule has 1 aromatic rings. The zero-order chi connectivity index (χ0) is 10.6. The molecule has 4 heteroatoms. The van der Waals surface area contributed by atoms with Crippen molar-refractivity contribution >= 4 is 22.2 Å². The fourth-order valence-corrected chi connectivity index (χ4v) is 1.63. The molecule has 0 unspecified atom stereocenters. The lowest BCUT2D eigenvalue weighted by atomic mass is 10.1. The zero-order valence-electron chi connectivity index (χ0n) is 7.72. The van der Waals surface area contributed by atoms with Crippen molar-refractivity contribution in [2.45, 2.75) is 12.8 Å². The van der Waals surface area contributed by atoms with Crippen LogP contribution in [0.2, 0.25) is 0 Å². The van der Waals surface area contributed by atoms with Gasteiger partial charge in [-0.15, -0.1) is 0 Å². The second-order valence-corrected chi connectivity index (χ2v) is 3.65. The summed E-state index contributed by atoms with van der Waals surface area (Å²) in [5.41, 5.74) is 0.877. The Morgan fingerprint density at radius 1 is 1.57 bits per heavy atom. The van der Waals surface area contributed by atoms with E-state index in [4.69, 9.17) is 4.74 Å². The van der Waals surface area contributed by atoms with Crippen LogP contribution in [0.15, 0.2) is 16.6 Å². The third kappa shape index (κ3) is 2.54. The van der Waals surface area contributed by atoms with E-state index in [0.717, 1.165) is 11.8 Å². The summed E-state index contributed by atoms with van der Waals surface area (Å²) in [5.74, 6) is -0.220. The molecular formula is C10H10BrFO2. The minimum Gasteiger partial charge on any atom is -0.494 e. The fraction of sp³-hybridized carbons (Fsp3) is 0.300. The Bertz CT molecular complexity index is 339. The van der Waals surface area contributed by atoms with Gasteiger partial charge in [0.25, 0.3) is 0 Å². The number of aryl methyl sites for hydroxylation is 1. The minimum atomic E-state index is -0.414. The minimum absolute atomic E-state index is 0.195. The van der Waals surface area contributed by atoms with Crippen LogP contribution in [0.25, 0.3) is 0 Å². The van der Waals surface area contributed by atoms with Crippen LogP contribution in [-0.4, -0.2) is 13.4 Å². The maximum Gasteiger partial charge on any atom is 0.179 e. The largest absolute Gasteiger partial charge is 0.494 e. The molecule has 0 bridgehead atoms. The number of halogens is 2. The van der Waals surface area contributed by atoms with Gasteiger partial charge >= 0.3 is 0 Å². The average Bonchev–Trinajstić information content (AvgIpc) is 2.19. The van der Waals surface area contributed by atoms with Crippen LogP contribution in [0.4, 0.5) is 4.39 Å². The lowest BCUT2D eigenvalue weighted by Gasteiger charge is -2.06. The van der Waals surface area contributed by atoms with E-state index in [0.29, 0.717) is 17.3 Å². The SMILES string of the molecule is COc1cc(CCC=O)cc(Br)c1F. The van der Waals surface area contributed by atoms with Gasteiger partial charge in [0.1, 0.15) is 6.29 Å². The number of carbonyl (C=O) groups is 1. The van der Waals surface area contributed by atoms with Crippen molar-refractivity contribution in [2.24, 2.45) is 0 Å². The predicted molar refractivity (Wildman–Crippen MR) is 55.0 cm³/mol. The monoisotopic (exact) mass is 260 g/mol. The number of aldehydes is 1. The van der Waals surface area contributed by atoms with Crippen LogP contribution >= 0.6 is 15.9 Å². The average molecular weight is 261 g/mol. The summed E-state index contributed by atoms with van der Waals surface area (Å²) < 4.78 is 18.5. The Morgan fingerprint density at radius 2 is 2.29 bits per heavy atom. The molecule has 0 aliphatic heterocycles. The Balaban J connectivity index is 2.97. The second-order valence-electron chi connectivity index (χ2n) is 2.80. The Hall–Kier alpha value is -0.900. The van der Waals surface area contributed by atoms with Crippen molar-refractivity contribution < 1.29 is 13.9 Å². The quantitative estimate of drug-likeness (QED) is 0.779. The van der Waals surface area contributed by atoms with E-state index >= 15 is 0 Å². The van der Waals surface area contributed by atoms with Gasteiger partial charge < -0.3 is 9.53 Å². The number of hydrogen-bond acceptors (Lipinski definition) is 2. The van der Waals surface area contributed by atoms with E-state index in [9.17, 15) is 9.18 Å². The predicted octanol–water partition coefficient (Wildman–Crippen LogP) is 2.73. The highest BCUT2D eigenvalue weighted by molar-refractivity contribution is 9.10. The molecule has 0 aliphatic carbocycles. The smallest absolute Gasteiger partial charge is 0.179 e. The number of ether oxygens (including phenoxy) is 1. The molecule has 76 valence electrons. The Morgan fingerprint density at radius 3 is 2.86 bits per heavy atom. The summed E-state index contributed by atoms with van der Waals surface area (Å²) in [6, 6.07) is 3.25. The van der Waals surface area contributed by atoms with Crippen LogP contribution in [-0.2, 0) is 11.2 Å². The summed E-state index contributed by atoms with van der Waals surface area (Å²) in [6.07, 6.45) is 1.86. The van der Waals surface area contributed by atoms with Gasteiger partial charge in [-0.2, -0.15) is 0 Å². The Kier molecular flexibility index (Phi) is 4.07. The van der Waals surface area contributed by atoms with Gasteiger partial charge in [0.15, 0.2) is 11.6 Å². The van der Waals surface area contributed by atoms with E-state index in [1.54, 1.807) is 12.1 Å². The number of rotatable bonds is 4. The highest BCUT2D eigenvalue weighted by atomic mass is 79.9. The molecule has 0 aliphatic rings. The Labute approximate surface area is 90.2 Å². The van der Waals surface area contributed by atoms with Gasteiger partial charge in [-0.25, -0.2) is 4.39 Å². The number of hydrogen-bond donors (Lipinski definition) is 0. The lowest BCUT2D eigenvalue weighted by Crippen LogP contribution is -1.93. The second kappa shape index (κ2) is 5.10. The fourth-order valence-electron chi connectivity index (χ4n) is 1.14. The summed E-state index contributed by atoms with van der Waals surface area (Å²) in [5, 5.41) is 0. The van der Waals surface area contributed by atoms with Gasteiger partial charge in [-0.1, -0.05) is 0 Å².